The van der Waals surface area contributed by atoms with Gasteiger partial charge in [-0.3, -0.25) is 9.48 Å². The summed E-state index contributed by atoms with van der Waals surface area (Å²) in [7, 11) is 0. The molecule has 1 fully saturated rings. The molecule has 0 N–H and O–H groups in total. The Kier molecular flexibility index (Phi) is 5.23. The predicted octanol–water partition coefficient (Wildman–Crippen LogP) is 5.43. The fourth-order valence-electron chi connectivity index (χ4n) is 4.12. The van der Waals surface area contributed by atoms with Crippen LogP contribution < -0.4 is 4.90 Å². The van der Waals surface area contributed by atoms with E-state index in [1.807, 2.05) is 0 Å². The van der Waals surface area contributed by atoms with Gasteiger partial charge in [-0.25, -0.2) is 9.07 Å². The average Bonchev–Trinajstić information content (AvgIpc) is 3.55. The van der Waals surface area contributed by atoms with Crippen molar-refractivity contribution in [2.75, 3.05) is 11.4 Å². The summed E-state index contributed by atoms with van der Waals surface area (Å²) < 4.78 is 61.4. The SMILES string of the molecule is Cc1c(Cl)c(C(F)(F)F)nn1C1CCN(c2cnn(-c3cccc(F)c3)c2-c2ccoc2)C1=O. The molecule has 0 bridgehead atoms. The highest BCUT2D eigenvalue weighted by atomic mass is 35.5. The van der Waals surface area contributed by atoms with Crippen molar-refractivity contribution in [1.29, 1.82) is 0 Å². The molecule has 7 nitrogen and oxygen atoms in total. The summed E-state index contributed by atoms with van der Waals surface area (Å²) in [4.78, 5) is 14.8. The summed E-state index contributed by atoms with van der Waals surface area (Å²) in [5.41, 5.74) is 0.723. The molecular formula is C22H16ClF4N5O2. The first kappa shape index (κ1) is 22.2. The Balaban J connectivity index is 1.56. The van der Waals surface area contributed by atoms with E-state index in [9.17, 15) is 22.4 Å². The third-order valence-corrected chi connectivity index (χ3v) is 6.16. The van der Waals surface area contributed by atoms with Crippen LogP contribution in [0.25, 0.3) is 16.9 Å². The second-order valence-corrected chi connectivity index (χ2v) is 8.14. The van der Waals surface area contributed by atoms with Gasteiger partial charge in [0.05, 0.1) is 40.8 Å². The number of aromatic nitrogens is 4. The van der Waals surface area contributed by atoms with Gasteiger partial charge in [-0.15, -0.1) is 0 Å². The molecular weight excluding hydrogens is 478 g/mol. The van der Waals surface area contributed by atoms with Gasteiger partial charge in [-0.05, 0) is 37.6 Å². The highest BCUT2D eigenvalue weighted by molar-refractivity contribution is 6.32. The van der Waals surface area contributed by atoms with Crippen LogP contribution >= 0.6 is 11.6 Å². The van der Waals surface area contributed by atoms with Crippen molar-refractivity contribution < 1.29 is 26.8 Å². The number of halogens is 5. The Morgan fingerprint density at radius 3 is 2.68 bits per heavy atom. The van der Waals surface area contributed by atoms with E-state index in [1.54, 1.807) is 12.1 Å². The maximum atomic E-state index is 13.9. The Hall–Kier alpha value is -3.60. The summed E-state index contributed by atoms with van der Waals surface area (Å²) >= 11 is 5.87. The maximum absolute atomic E-state index is 13.9. The first-order chi connectivity index (χ1) is 16.2. The van der Waals surface area contributed by atoms with Crippen molar-refractivity contribution in [2.24, 2.45) is 0 Å². The summed E-state index contributed by atoms with van der Waals surface area (Å²) in [5.74, 6) is -0.920. The number of nitrogens with zero attached hydrogens (tertiary/aromatic N) is 5. The number of hydrogen-bond acceptors (Lipinski definition) is 4. The molecule has 1 amide bonds. The number of benzene rings is 1. The molecule has 1 unspecified atom stereocenters. The fraction of sp³-hybridized carbons (Fsp3) is 0.227. The van der Waals surface area contributed by atoms with E-state index in [4.69, 9.17) is 16.0 Å². The number of amides is 1. The summed E-state index contributed by atoms with van der Waals surface area (Å²) in [5, 5.41) is 7.43. The van der Waals surface area contributed by atoms with Crippen LogP contribution in [0.2, 0.25) is 5.02 Å². The van der Waals surface area contributed by atoms with Crippen molar-refractivity contribution in [3.63, 3.8) is 0 Å². The quantitative estimate of drug-likeness (QED) is 0.356. The minimum absolute atomic E-state index is 0.0553. The van der Waals surface area contributed by atoms with E-state index < -0.39 is 34.7 Å². The smallest absolute Gasteiger partial charge is 0.436 e. The molecule has 12 heteroatoms. The first-order valence-electron chi connectivity index (χ1n) is 10.2. The van der Waals surface area contributed by atoms with Crippen molar-refractivity contribution in [3.8, 4) is 16.9 Å². The summed E-state index contributed by atoms with van der Waals surface area (Å²) in [6.45, 7) is 1.60. The average molecular weight is 494 g/mol. The molecule has 0 spiro atoms. The topological polar surface area (TPSA) is 69.1 Å². The second-order valence-electron chi connectivity index (χ2n) is 7.77. The minimum atomic E-state index is -4.74. The van der Waals surface area contributed by atoms with E-state index in [0.29, 0.717) is 22.6 Å². The van der Waals surface area contributed by atoms with Crippen LogP contribution in [0.15, 0.2) is 53.5 Å². The van der Waals surface area contributed by atoms with E-state index in [1.165, 1.54) is 53.4 Å². The van der Waals surface area contributed by atoms with E-state index in [-0.39, 0.29) is 18.7 Å². The lowest BCUT2D eigenvalue weighted by Crippen LogP contribution is -2.29. The Labute approximate surface area is 195 Å². The largest absolute Gasteiger partial charge is 0.472 e. The lowest BCUT2D eigenvalue weighted by atomic mass is 10.2. The number of hydrogen-bond donors (Lipinski definition) is 0. The number of alkyl halides is 3. The van der Waals surface area contributed by atoms with Crippen LogP contribution in [-0.4, -0.2) is 32.0 Å². The van der Waals surface area contributed by atoms with Crippen molar-refractivity contribution in [3.05, 3.63) is 71.3 Å². The van der Waals surface area contributed by atoms with Gasteiger partial charge in [-0.1, -0.05) is 17.7 Å². The molecule has 176 valence electrons. The zero-order valence-electron chi connectivity index (χ0n) is 17.6. The molecule has 1 aliphatic rings. The van der Waals surface area contributed by atoms with Crippen LogP contribution in [0.1, 0.15) is 23.9 Å². The lowest BCUT2D eigenvalue weighted by Gasteiger charge is -2.18. The van der Waals surface area contributed by atoms with Gasteiger partial charge in [0.25, 0.3) is 5.91 Å². The molecule has 4 heterocycles. The number of anilines is 1. The number of carbonyl (C=O) groups is 1. The molecule has 0 aliphatic carbocycles. The second kappa shape index (κ2) is 8.01. The van der Waals surface area contributed by atoms with E-state index in [2.05, 4.69) is 10.2 Å². The van der Waals surface area contributed by atoms with Crippen molar-refractivity contribution in [1.82, 2.24) is 19.6 Å². The van der Waals surface area contributed by atoms with Gasteiger partial charge in [0.2, 0.25) is 0 Å². The molecule has 1 atom stereocenters. The van der Waals surface area contributed by atoms with Gasteiger partial charge in [0.1, 0.15) is 17.6 Å². The van der Waals surface area contributed by atoms with Crippen LogP contribution in [0.3, 0.4) is 0 Å². The first-order valence-corrected chi connectivity index (χ1v) is 10.5. The zero-order valence-corrected chi connectivity index (χ0v) is 18.3. The standard InChI is InChI=1S/C22H16ClF4N5O2/c1-12-18(23)20(22(25,26)27)29-31(12)16-5-7-30(21(16)33)17-10-28-32(15-4-2-3-14(24)9-15)19(17)13-6-8-34-11-13/h2-4,6,8-11,16H,5,7H2,1H3. The van der Waals surface area contributed by atoms with Gasteiger partial charge >= 0.3 is 6.18 Å². The lowest BCUT2D eigenvalue weighted by molar-refractivity contribution is -0.141. The monoisotopic (exact) mass is 493 g/mol. The third-order valence-electron chi connectivity index (χ3n) is 5.71. The Bertz CT molecular complexity index is 1380. The highest BCUT2D eigenvalue weighted by Gasteiger charge is 2.42. The predicted molar refractivity (Wildman–Crippen MR) is 114 cm³/mol. The normalized spacial score (nSPS) is 16.6. The number of furan rings is 1. The Morgan fingerprint density at radius 1 is 1.24 bits per heavy atom. The maximum Gasteiger partial charge on any atom is 0.436 e. The van der Waals surface area contributed by atoms with Gasteiger partial charge < -0.3 is 9.32 Å². The van der Waals surface area contributed by atoms with Gasteiger partial charge in [0, 0.05) is 12.1 Å². The molecule has 1 saturated heterocycles. The molecule has 5 rings (SSSR count). The molecule has 0 radical (unpaired) electrons. The van der Waals surface area contributed by atoms with E-state index in [0.717, 1.165) is 4.68 Å². The third kappa shape index (κ3) is 3.56. The zero-order chi connectivity index (χ0) is 24.2. The molecule has 1 aromatic carbocycles. The molecule has 4 aromatic rings. The molecule has 1 aliphatic heterocycles. The Morgan fingerprint density at radius 2 is 2.03 bits per heavy atom. The van der Waals surface area contributed by atoms with Gasteiger partial charge in [0.15, 0.2) is 5.69 Å². The summed E-state index contributed by atoms with van der Waals surface area (Å²) in [6, 6.07) is 6.48. The molecule has 34 heavy (non-hydrogen) atoms. The molecule has 3 aromatic heterocycles. The minimum Gasteiger partial charge on any atom is -0.472 e. The van der Waals surface area contributed by atoms with Crippen molar-refractivity contribution >= 4 is 23.2 Å². The van der Waals surface area contributed by atoms with E-state index >= 15 is 0 Å². The number of carbonyl (C=O) groups excluding carboxylic acids is 1. The molecule has 0 saturated carbocycles. The highest BCUT2D eigenvalue weighted by Crippen LogP contribution is 2.40. The van der Waals surface area contributed by atoms with Gasteiger partial charge in [-0.2, -0.15) is 23.4 Å². The van der Waals surface area contributed by atoms with Crippen LogP contribution in [0.4, 0.5) is 23.2 Å². The number of rotatable bonds is 4. The van der Waals surface area contributed by atoms with Crippen LogP contribution in [-0.2, 0) is 11.0 Å². The van der Waals surface area contributed by atoms with Crippen molar-refractivity contribution in [2.45, 2.75) is 25.6 Å². The summed E-state index contributed by atoms with van der Waals surface area (Å²) in [6.07, 6.45) is -0.163. The van der Waals surface area contributed by atoms with Crippen LogP contribution in [0, 0.1) is 12.7 Å². The van der Waals surface area contributed by atoms with Crippen LogP contribution in [0.5, 0.6) is 0 Å². The fourth-order valence-corrected chi connectivity index (χ4v) is 4.36.